The molecule has 4 heterocycles. The number of aromatic nitrogens is 4. The quantitative estimate of drug-likeness (QED) is 0.531. The lowest BCUT2D eigenvalue weighted by atomic mass is 10.2. The van der Waals surface area contributed by atoms with Gasteiger partial charge >= 0.3 is 5.97 Å². The number of amides is 1. The first-order valence-corrected chi connectivity index (χ1v) is 9.02. The summed E-state index contributed by atoms with van der Waals surface area (Å²) in [6, 6.07) is 3.20. The zero-order chi connectivity index (χ0) is 19.7. The number of esters is 1. The van der Waals surface area contributed by atoms with Crippen molar-refractivity contribution in [3.8, 4) is 0 Å². The number of nitrogens with one attached hydrogen (secondary N) is 1. The standard InChI is InChI=1S/C19H19N5O4/c1-12-16(17-20-5-4-8-24(17)22-12)19(27)28-11-15(25)13-9-14(21-10-13)18(26)23-6-2-3-7-23/h4-5,8-10,21H,2-3,6-7,11H2,1H3. The minimum atomic E-state index is -0.663. The topological polar surface area (TPSA) is 110 Å². The van der Waals surface area contributed by atoms with E-state index in [1.807, 2.05) is 0 Å². The molecule has 0 aliphatic carbocycles. The van der Waals surface area contributed by atoms with Crippen LogP contribution in [0, 0.1) is 6.92 Å². The van der Waals surface area contributed by atoms with Crippen LogP contribution >= 0.6 is 0 Å². The summed E-state index contributed by atoms with van der Waals surface area (Å²) in [7, 11) is 0. The molecule has 0 radical (unpaired) electrons. The number of carbonyl (C=O) groups excluding carboxylic acids is 3. The fourth-order valence-electron chi connectivity index (χ4n) is 3.29. The molecule has 3 aromatic heterocycles. The molecule has 0 unspecified atom stereocenters. The van der Waals surface area contributed by atoms with Gasteiger partial charge in [-0.3, -0.25) is 9.59 Å². The van der Waals surface area contributed by atoms with Gasteiger partial charge in [-0.05, 0) is 31.9 Å². The molecule has 144 valence electrons. The minimum Gasteiger partial charge on any atom is -0.454 e. The van der Waals surface area contributed by atoms with Crippen LogP contribution in [-0.2, 0) is 4.74 Å². The first-order valence-electron chi connectivity index (χ1n) is 9.02. The molecule has 1 aliphatic heterocycles. The predicted octanol–water partition coefficient (Wildman–Crippen LogP) is 1.64. The molecule has 1 aliphatic rings. The number of H-pyrrole nitrogens is 1. The minimum absolute atomic E-state index is 0.124. The van der Waals surface area contributed by atoms with Crippen molar-refractivity contribution >= 4 is 23.3 Å². The summed E-state index contributed by atoms with van der Waals surface area (Å²) < 4.78 is 6.65. The van der Waals surface area contributed by atoms with Gasteiger partial charge in [0, 0.05) is 37.2 Å². The van der Waals surface area contributed by atoms with Gasteiger partial charge in [-0.25, -0.2) is 14.3 Å². The van der Waals surface area contributed by atoms with E-state index >= 15 is 0 Å². The van der Waals surface area contributed by atoms with Crippen molar-refractivity contribution in [2.45, 2.75) is 19.8 Å². The Morgan fingerprint density at radius 3 is 2.82 bits per heavy atom. The molecule has 0 atom stereocenters. The maximum Gasteiger partial charge on any atom is 0.344 e. The van der Waals surface area contributed by atoms with E-state index in [1.165, 1.54) is 16.8 Å². The molecule has 9 nitrogen and oxygen atoms in total. The molecule has 9 heteroatoms. The highest BCUT2D eigenvalue weighted by Gasteiger charge is 2.23. The third-order valence-electron chi connectivity index (χ3n) is 4.74. The van der Waals surface area contributed by atoms with Crippen molar-refractivity contribution in [3.63, 3.8) is 0 Å². The molecular formula is C19H19N5O4. The molecule has 1 saturated heterocycles. The number of likely N-dealkylation sites (tertiary alicyclic amines) is 1. The molecule has 1 N–H and O–H groups in total. The highest BCUT2D eigenvalue weighted by atomic mass is 16.5. The van der Waals surface area contributed by atoms with Gasteiger partial charge in [0.15, 0.2) is 12.3 Å². The summed E-state index contributed by atoms with van der Waals surface area (Å²) in [6.45, 7) is 2.70. The number of nitrogens with zero attached hydrogens (tertiary/aromatic N) is 4. The van der Waals surface area contributed by atoms with Crippen LogP contribution in [0.25, 0.3) is 5.65 Å². The average Bonchev–Trinajstić information content (AvgIpc) is 3.44. The second-order valence-corrected chi connectivity index (χ2v) is 6.65. The maximum atomic E-state index is 12.4. The number of carbonyl (C=O) groups is 3. The third-order valence-corrected chi connectivity index (χ3v) is 4.74. The average molecular weight is 381 g/mol. The van der Waals surface area contributed by atoms with Crippen molar-refractivity contribution in [1.82, 2.24) is 24.5 Å². The number of aryl methyl sites for hydroxylation is 1. The van der Waals surface area contributed by atoms with E-state index in [0.29, 0.717) is 22.6 Å². The number of Topliss-reactive ketones (excluding diaryl/α,β-unsaturated/α-hetero) is 1. The summed E-state index contributed by atoms with van der Waals surface area (Å²) in [5.74, 6) is -1.18. The first-order chi connectivity index (χ1) is 13.5. The first kappa shape index (κ1) is 17.9. The molecule has 0 spiro atoms. The van der Waals surface area contributed by atoms with Crippen LogP contribution in [0.5, 0.6) is 0 Å². The second-order valence-electron chi connectivity index (χ2n) is 6.65. The summed E-state index contributed by atoms with van der Waals surface area (Å²) in [4.78, 5) is 45.9. The summed E-state index contributed by atoms with van der Waals surface area (Å²) in [5, 5.41) is 4.20. The number of hydrogen-bond donors (Lipinski definition) is 1. The van der Waals surface area contributed by atoms with Gasteiger partial charge < -0.3 is 14.6 Å². The van der Waals surface area contributed by atoms with Crippen molar-refractivity contribution in [2.75, 3.05) is 19.7 Å². The van der Waals surface area contributed by atoms with Crippen LogP contribution in [0.1, 0.15) is 49.7 Å². The molecule has 3 aromatic rings. The lowest BCUT2D eigenvalue weighted by molar-refractivity contribution is 0.0475. The lowest BCUT2D eigenvalue weighted by Crippen LogP contribution is -2.27. The number of hydrogen-bond acceptors (Lipinski definition) is 6. The van der Waals surface area contributed by atoms with Gasteiger partial charge in [0.05, 0.1) is 5.69 Å². The Balaban J connectivity index is 1.42. The van der Waals surface area contributed by atoms with E-state index in [2.05, 4.69) is 15.1 Å². The Hall–Kier alpha value is -3.49. The largest absolute Gasteiger partial charge is 0.454 e. The van der Waals surface area contributed by atoms with Gasteiger partial charge in [0.2, 0.25) is 5.78 Å². The van der Waals surface area contributed by atoms with Crippen LogP contribution in [-0.4, -0.2) is 61.8 Å². The number of ketones is 1. The van der Waals surface area contributed by atoms with E-state index in [-0.39, 0.29) is 11.5 Å². The number of rotatable bonds is 5. The SMILES string of the molecule is Cc1nn2cccnc2c1C(=O)OCC(=O)c1c[nH]c(C(=O)N2CCCC2)c1. The summed E-state index contributed by atoms with van der Waals surface area (Å²) >= 11 is 0. The predicted molar refractivity (Wildman–Crippen MR) is 98.3 cm³/mol. The Morgan fingerprint density at radius 1 is 1.25 bits per heavy atom. The summed E-state index contributed by atoms with van der Waals surface area (Å²) in [5.41, 5.74) is 1.73. The van der Waals surface area contributed by atoms with E-state index < -0.39 is 18.4 Å². The van der Waals surface area contributed by atoms with Gasteiger partial charge in [0.1, 0.15) is 11.3 Å². The van der Waals surface area contributed by atoms with Crippen LogP contribution < -0.4 is 0 Å². The second kappa shape index (κ2) is 7.26. The molecule has 4 rings (SSSR count). The summed E-state index contributed by atoms with van der Waals surface area (Å²) in [6.07, 6.45) is 6.67. The number of ether oxygens (including phenoxy) is 1. The fourth-order valence-corrected chi connectivity index (χ4v) is 3.29. The molecular weight excluding hydrogens is 362 g/mol. The van der Waals surface area contributed by atoms with Crippen LogP contribution in [0.2, 0.25) is 0 Å². The zero-order valence-electron chi connectivity index (χ0n) is 15.3. The van der Waals surface area contributed by atoms with Crippen LogP contribution in [0.3, 0.4) is 0 Å². The molecule has 0 bridgehead atoms. The van der Waals surface area contributed by atoms with Crippen molar-refractivity contribution < 1.29 is 19.1 Å². The zero-order valence-corrected chi connectivity index (χ0v) is 15.3. The van der Waals surface area contributed by atoms with Crippen molar-refractivity contribution in [1.29, 1.82) is 0 Å². The third kappa shape index (κ3) is 3.26. The van der Waals surface area contributed by atoms with Gasteiger partial charge in [-0.2, -0.15) is 5.10 Å². The Labute approximate surface area is 160 Å². The van der Waals surface area contributed by atoms with Crippen LogP contribution in [0.15, 0.2) is 30.7 Å². The van der Waals surface area contributed by atoms with E-state index in [1.54, 1.807) is 30.3 Å². The number of aromatic amines is 1. The smallest absolute Gasteiger partial charge is 0.344 e. The fraction of sp³-hybridized carbons (Fsp3) is 0.316. The Kier molecular flexibility index (Phi) is 4.64. The van der Waals surface area contributed by atoms with E-state index in [0.717, 1.165) is 25.9 Å². The lowest BCUT2D eigenvalue weighted by Gasteiger charge is -2.13. The van der Waals surface area contributed by atoms with Gasteiger partial charge in [-0.1, -0.05) is 0 Å². The number of fused-ring (bicyclic) bond motifs is 1. The normalized spacial score (nSPS) is 13.8. The Bertz CT molecular complexity index is 1060. The molecule has 0 aromatic carbocycles. The molecule has 1 fully saturated rings. The van der Waals surface area contributed by atoms with Gasteiger partial charge in [0.25, 0.3) is 5.91 Å². The van der Waals surface area contributed by atoms with Crippen molar-refractivity contribution in [2.24, 2.45) is 0 Å². The monoisotopic (exact) mass is 381 g/mol. The molecule has 28 heavy (non-hydrogen) atoms. The highest BCUT2D eigenvalue weighted by molar-refractivity contribution is 6.03. The van der Waals surface area contributed by atoms with Gasteiger partial charge in [-0.15, -0.1) is 0 Å². The Morgan fingerprint density at radius 2 is 2.04 bits per heavy atom. The van der Waals surface area contributed by atoms with E-state index in [9.17, 15) is 14.4 Å². The highest BCUT2D eigenvalue weighted by Crippen LogP contribution is 2.16. The maximum absolute atomic E-state index is 12.4. The van der Waals surface area contributed by atoms with E-state index in [4.69, 9.17) is 4.74 Å². The molecule has 1 amide bonds. The van der Waals surface area contributed by atoms with Crippen molar-refractivity contribution in [3.05, 3.63) is 53.2 Å². The molecule has 0 saturated carbocycles. The van der Waals surface area contributed by atoms with Crippen LogP contribution in [0.4, 0.5) is 0 Å².